The van der Waals surface area contributed by atoms with Crippen LogP contribution in [0.15, 0.2) is 385 Å². The normalized spacial score (nSPS) is 11.7. The second-order valence-electron chi connectivity index (χ2n) is 26.9. The Morgan fingerprint density at radius 3 is 0.990 bits per heavy atom. The van der Waals surface area contributed by atoms with Crippen LogP contribution in [-0.2, 0) is 0 Å². The van der Waals surface area contributed by atoms with Gasteiger partial charge in [-0.05, 0) is 163 Å². The highest BCUT2D eigenvalue weighted by Gasteiger charge is 2.22. The molecule has 104 heavy (non-hydrogen) atoms. The van der Waals surface area contributed by atoms with Crippen LogP contribution in [-0.4, -0.2) is 9.97 Å². The van der Waals surface area contributed by atoms with Crippen molar-refractivity contribution in [3.8, 4) is 100 Å². The van der Waals surface area contributed by atoms with Crippen LogP contribution in [0.4, 0.5) is 0 Å². The SMILES string of the molecule is c1ccc(-c2ccc(-c3c4ccccc4c(-c4ccc(-c5ccc(-c6ccc7oc8c9ccccc9ccc8c7c6)cc5)nc4)c4ccccc34)cc2)cc1.c1ccc(-c2ccc(-c3c4ccccc4c(-c4ccc(-c5cccc6oc7c8ccccc8ccc7c56)nc4)c4ccccc34)cc2)cc1. The summed E-state index contributed by atoms with van der Waals surface area (Å²) in [5.74, 6) is 0. The number of hydrogen-bond acceptors (Lipinski definition) is 4. The van der Waals surface area contributed by atoms with E-state index in [4.69, 9.17) is 18.8 Å². The lowest BCUT2D eigenvalue weighted by molar-refractivity contribution is 0.672. The molecule has 17 aromatic carbocycles. The van der Waals surface area contributed by atoms with Gasteiger partial charge in [-0.1, -0.05) is 322 Å². The Hall–Kier alpha value is -13.8. The van der Waals surface area contributed by atoms with Crippen molar-refractivity contribution >= 4 is 109 Å². The summed E-state index contributed by atoms with van der Waals surface area (Å²) in [5, 5.41) is 18.9. The molecule has 4 nitrogen and oxygen atoms in total. The molecule has 21 rings (SSSR count). The van der Waals surface area contributed by atoms with E-state index in [2.05, 4.69) is 364 Å². The van der Waals surface area contributed by atoms with Crippen molar-refractivity contribution < 1.29 is 8.83 Å². The molecule has 0 aliphatic carbocycles. The molecule has 484 valence electrons. The summed E-state index contributed by atoms with van der Waals surface area (Å²) in [6, 6.07) is 130. The highest BCUT2D eigenvalue weighted by molar-refractivity contribution is 6.24. The van der Waals surface area contributed by atoms with Gasteiger partial charge in [0, 0.05) is 67.0 Å². The molecule has 0 saturated carbocycles. The van der Waals surface area contributed by atoms with E-state index in [0.29, 0.717) is 0 Å². The maximum atomic E-state index is 6.47. The number of benzene rings is 17. The molecule has 21 aromatic rings. The zero-order valence-corrected chi connectivity index (χ0v) is 56.5. The fraction of sp³-hybridized carbons (Fsp3) is 0. The van der Waals surface area contributed by atoms with Crippen molar-refractivity contribution in [2.45, 2.75) is 0 Å². The van der Waals surface area contributed by atoms with Crippen LogP contribution in [0, 0.1) is 0 Å². The maximum Gasteiger partial charge on any atom is 0.143 e. The van der Waals surface area contributed by atoms with Crippen LogP contribution >= 0.6 is 0 Å². The van der Waals surface area contributed by atoms with Crippen molar-refractivity contribution in [3.05, 3.63) is 376 Å². The average molecular weight is 1320 g/mol. The Kier molecular flexibility index (Phi) is 14.5. The van der Waals surface area contributed by atoms with Gasteiger partial charge in [-0.15, -0.1) is 0 Å². The van der Waals surface area contributed by atoms with Crippen molar-refractivity contribution in [2.24, 2.45) is 0 Å². The molecular weight excluding hydrogens is 1260 g/mol. The van der Waals surface area contributed by atoms with Crippen LogP contribution in [0.25, 0.3) is 209 Å². The molecule has 0 saturated heterocycles. The van der Waals surface area contributed by atoms with Gasteiger partial charge in [-0.2, -0.15) is 0 Å². The summed E-state index contributed by atoms with van der Waals surface area (Å²) in [6.45, 7) is 0. The van der Waals surface area contributed by atoms with Crippen molar-refractivity contribution in [1.29, 1.82) is 0 Å². The highest BCUT2D eigenvalue weighted by atomic mass is 16.3. The Labute approximate surface area is 600 Å². The van der Waals surface area contributed by atoms with E-state index in [9.17, 15) is 0 Å². The number of nitrogens with zero attached hydrogens (tertiary/aromatic N) is 2. The van der Waals surface area contributed by atoms with Crippen molar-refractivity contribution in [1.82, 2.24) is 9.97 Å². The molecule has 0 bridgehead atoms. The van der Waals surface area contributed by atoms with Gasteiger partial charge in [-0.3, -0.25) is 9.97 Å². The molecule has 0 radical (unpaired) electrons. The molecule has 0 amide bonds. The van der Waals surface area contributed by atoms with Crippen LogP contribution in [0.5, 0.6) is 0 Å². The molecule has 0 spiro atoms. The molecule has 0 aliphatic rings. The first-order valence-corrected chi connectivity index (χ1v) is 35.5. The Balaban J connectivity index is 0.000000139. The van der Waals surface area contributed by atoms with E-state index in [1.54, 1.807) is 0 Å². The number of fused-ring (bicyclic) bond motifs is 14. The van der Waals surface area contributed by atoms with E-state index in [1.165, 1.54) is 109 Å². The molecule has 4 heterocycles. The van der Waals surface area contributed by atoms with Gasteiger partial charge in [0.1, 0.15) is 22.3 Å². The average Bonchev–Trinajstić information content (AvgIpc) is 1.03. The van der Waals surface area contributed by atoms with Crippen LogP contribution < -0.4 is 0 Å². The van der Waals surface area contributed by atoms with Gasteiger partial charge in [0.25, 0.3) is 0 Å². The van der Waals surface area contributed by atoms with E-state index >= 15 is 0 Å². The zero-order valence-electron chi connectivity index (χ0n) is 56.5. The minimum absolute atomic E-state index is 0.874. The summed E-state index contributed by atoms with van der Waals surface area (Å²) in [5.41, 5.74) is 24.4. The fourth-order valence-corrected chi connectivity index (χ4v) is 16.1. The van der Waals surface area contributed by atoms with Crippen molar-refractivity contribution in [3.63, 3.8) is 0 Å². The molecule has 0 aliphatic heterocycles. The molecule has 0 fully saturated rings. The molecular formula is C100H62N2O2. The first-order valence-electron chi connectivity index (χ1n) is 35.5. The predicted molar refractivity (Wildman–Crippen MR) is 437 cm³/mol. The molecule has 4 aromatic heterocycles. The second kappa shape index (κ2) is 25.1. The fourth-order valence-electron chi connectivity index (χ4n) is 16.1. The molecule has 4 heteroatoms. The maximum absolute atomic E-state index is 6.47. The minimum Gasteiger partial charge on any atom is -0.455 e. The van der Waals surface area contributed by atoms with Crippen LogP contribution in [0.1, 0.15) is 0 Å². The lowest BCUT2D eigenvalue weighted by Crippen LogP contribution is -1.92. The number of rotatable bonds is 9. The third-order valence-electron chi connectivity index (χ3n) is 21.1. The monoisotopic (exact) mass is 1320 g/mol. The lowest BCUT2D eigenvalue weighted by atomic mass is 9.86. The minimum atomic E-state index is 0.874. The Morgan fingerprint density at radius 2 is 0.529 bits per heavy atom. The Morgan fingerprint density at radius 1 is 0.183 bits per heavy atom. The van der Waals surface area contributed by atoms with Crippen LogP contribution in [0.3, 0.4) is 0 Å². The second-order valence-corrected chi connectivity index (χ2v) is 26.9. The van der Waals surface area contributed by atoms with Gasteiger partial charge >= 0.3 is 0 Å². The lowest BCUT2D eigenvalue weighted by Gasteiger charge is -2.18. The number of pyridine rings is 2. The standard InChI is InChI=1S/C53H33NO.C47H29NO/c1-2-10-34(11-3-1)35-20-24-39(25-21-35)51-43-14-6-8-16-45(43)52(46-17-9-7-15-44(46)51)41-27-30-49(54-33-41)38-22-18-36(19-23-38)40-28-31-50-48(32-40)47-29-26-37-12-4-5-13-42(37)53(47)55-50;1-2-11-30(12-3-1)31-21-23-33(24-22-31)44-36-15-6-8-17-38(36)45(39-18-9-7-16-37(39)44)34-26-28-42(48-29-34)40-19-10-20-43-46(40)41-27-25-32-13-4-5-14-35(32)47(41)49-43/h1-33H;1-29H. The van der Waals surface area contributed by atoms with Gasteiger partial charge in [0.2, 0.25) is 0 Å². The summed E-state index contributed by atoms with van der Waals surface area (Å²) in [7, 11) is 0. The highest BCUT2D eigenvalue weighted by Crippen LogP contribution is 2.48. The quantitative estimate of drug-likeness (QED) is 0.135. The van der Waals surface area contributed by atoms with Gasteiger partial charge in [0.15, 0.2) is 0 Å². The first-order chi connectivity index (χ1) is 51.6. The smallest absolute Gasteiger partial charge is 0.143 e. The van der Waals surface area contributed by atoms with Gasteiger partial charge in [-0.25, -0.2) is 0 Å². The van der Waals surface area contributed by atoms with Gasteiger partial charge < -0.3 is 8.83 Å². The number of hydrogen-bond donors (Lipinski definition) is 0. The molecule has 0 N–H and O–H groups in total. The van der Waals surface area contributed by atoms with E-state index < -0.39 is 0 Å². The summed E-state index contributed by atoms with van der Waals surface area (Å²) in [6.07, 6.45) is 4.07. The van der Waals surface area contributed by atoms with Crippen LogP contribution in [0.2, 0.25) is 0 Å². The van der Waals surface area contributed by atoms with E-state index in [-0.39, 0.29) is 0 Å². The van der Waals surface area contributed by atoms with Crippen molar-refractivity contribution in [2.75, 3.05) is 0 Å². The zero-order chi connectivity index (χ0) is 68.6. The Bertz CT molecular complexity index is 6780. The number of aromatic nitrogens is 2. The van der Waals surface area contributed by atoms with Gasteiger partial charge in [0.05, 0.1) is 11.4 Å². The third-order valence-corrected chi connectivity index (χ3v) is 21.1. The largest absolute Gasteiger partial charge is 0.455 e. The predicted octanol–water partition coefficient (Wildman–Crippen LogP) is 27.9. The summed E-state index contributed by atoms with van der Waals surface area (Å²) >= 11 is 0. The molecule has 0 unspecified atom stereocenters. The first kappa shape index (κ1) is 60.2. The van der Waals surface area contributed by atoms with E-state index in [0.717, 1.165) is 99.4 Å². The third kappa shape index (κ3) is 10.3. The summed E-state index contributed by atoms with van der Waals surface area (Å²) < 4.78 is 12.8. The summed E-state index contributed by atoms with van der Waals surface area (Å²) in [4.78, 5) is 10.2. The molecule has 0 atom stereocenters. The topological polar surface area (TPSA) is 52.1 Å². The van der Waals surface area contributed by atoms with E-state index in [1.807, 2.05) is 12.4 Å². The number of furan rings is 2.